The molecule has 0 aromatic rings. The lowest BCUT2D eigenvalue weighted by Crippen LogP contribution is -2.54. The maximum Gasteiger partial charge on any atom is 0.237 e. The number of aliphatic hydroxyl groups is 1. The number of amides is 1. The van der Waals surface area contributed by atoms with Crippen LogP contribution in [-0.4, -0.2) is 59.1 Å². The van der Waals surface area contributed by atoms with Crippen LogP contribution in [0.3, 0.4) is 0 Å². The van der Waals surface area contributed by atoms with Crippen molar-refractivity contribution in [3.05, 3.63) is 0 Å². The smallest absolute Gasteiger partial charge is 0.237 e. The molecular formula is C16H27N3O2. The first-order valence-corrected chi connectivity index (χ1v) is 8.16. The van der Waals surface area contributed by atoms with Crippen LogP contribution in [0.1, 0.15) is 51.4 Å². The average Bonchev–Trinajstić information content (AvgIpc) is 2.55. The highest BCUT2D eigenvalue weighted by atomic mass is 16.3. The number of likely N-dealkylation sites (tertiary alicyclic amines) is 1. The van der Waals surface area contributed by atoms with Crippen LogP contribution < -0.4 is 0 Å². The molecule has 0 aromatic heterocycles. The maximum atomic E-state index is 12.6. The topological polar surface area (TPSA) is 67.6 Å². The van der Waals surface area contributed by atoms with Crippen LogP contribution in [0.15, 0.2) is 0 Å². The van der Waals surface area contributed by atoms with E-state index in [-0.39, 0.29) is 18.6 Å². The predicted molar refractivity (Wildman–Crippen MR) is 80.5 cm³/mol. The van der Waals surface area contributed by atoms with Crippen LogP contribution in [-0.2, 0) is 4.79 Å². The number of nitrogens with zero attached hydrogens (tertiary/aromatic N) is 3. The van der Waals surface area contributed by atoms with Gasteiger partial charge < -0.3 is 10.0 Å². The first-order valence-electron chi connectivity index (χ1n) is 8.16. The molecule has 5 nitrogen and oxygen atoms in total. The molecular weight excluding hydrogens is 266 g/mol. The van der Waals surface area contributed by atoms with Gasteiger partial charge in [-0.05, 0) is 32.2 Å². The number of carbonyl (C=O) groups excluding carboxylic acids is 1. The molecule has 2 aliphatic rings. The van der Waals surface area contributed by atoms with Crippen LogP contribution in [0, 0.1) is 11.3 Å². The lowest BCUT2D eigenvalue weighted by molar-refractivity contribution is -0.137. The average molecular weight is 293 g/mol. The van der Waals surface area contributed by atoms with Gasteiger partial charge in [0.2, 0.25) is 5.91 Å². The number of hydrogen-bond acceptors (Lipinski definition) is 4. The van der Waals surface area contributed by atoms with Crippen molar-refractivity contribution < 1.29 is 9.90 Å². The first-order chi connectivity index (χ1) is 10.1. The van der Waals surface area contributed by atoms with Gasteiger partial charge in [-0.25, -0.2) is 0 Å². The van der Waals surface area contributed by atoms with Gasteiger partial charge in [-0.3, -0.25) is 9.69 Å². The van der Waals surface area contributed by atoms with E-state index < -0.39 is 5.54 Å². The molecule has 1 saturated carbocycles. The molecule has 2 rings (SSSR count). The van der Waals surface area contributed by atoms with Crippen molar-refractivity contribution in [1.29, 1.82) is 5.26 Å². The van der Waals surface area contributed by atoms with E-state index in [1.165, 1.54) is 0 Å². The number of rotatable bonds is 4. The van der Waals surface area contributed by atoms with Crippen molar-refractivity contribution >= 4 is 5.91 Å². The molecule has 1 amide bonds. The molecule has 2 fully saturated rings. The number of likely N-dealkylation sites (N-methyl/N-ethyl adjacent to an activating group) is 1. The molecule has 0 bridgehead atoms. The first kappa shape index (κ1) is 16.3. The van der Waals surface area contributed by atoms with Crippen molar-refractivity contribution in [3.8, 4) is 6.07 Å². The van der Waals surface area contributed by atoms with Gasteiger partial charge >= 0.3 is 0 Å². The summed E-state index contributed by atoms with van der Waals surface area (Å²) < 4.78 is 0. The van der Waals surface area contributed by atoms with E-state index in [1.54, 1.807) is 11.9 Å². The second-order valence-corrected chi connectivity index (χ2v) is 6.46. The summed E-state index contributed by atoms with van der Waals surface area (Å²) in [6.45, 7) is 1.30. The maximum absolute atomic E-state index is 12.6. The third-order valence-electron chi connectivity index (χ3n) is 5.20. The van der Waals surface area contributed by atoms with Crippen LogP contribution >= 0.6 is 0 Å². The van der Waals surface area contributed by atoms with E-state index in [2.05, 4.69) is 11.0 Å². The highest BCUT2D eigenvalue weighted by Gasteiger charge is 2.39. The van der Waals surface area contributed by atoms with Gasteiger partial charge in [0.15, 0.2) is 0 Å². The zero-order chi connectivity index (χ0) is 15.3. The Morgan fingerprint density at radius 2 is 2.05 bits per heavy atom. The van der Waals surface area contributed by atoms with Crippen molar-refractivity contribution in [2.75, 3.05) is 26.7 Å². The van der Waals surface area contributed by atoms with Crippen LogP contribution in [0.2, 0.25) is 0 Å². The van der Waals surface area contributed by atoms with Crippen LogP contribution in [0.25, 0.3) is 0 Å². The molecule has 1 aliphatic heterocycles. The summed E-state index contributed by atoms with van der Waals surface area (Å²) in [4.78, 5) is 16.3. The lowest BCUT2D eigenvalue weighted by Gasteiger charge is -2.41. The Kier molecular flexibility index (Phi) is 5.60. The van der Waals surface area contributed by atoms with E-state index >= 15 is 0 Å². The minimum atomic E-state index is -0.611. The third-order valence-corrected chi connectivity index (χ3v) is 5.20. The Morgan fingerprint density at radius 3 is 2.67 bits per heavy atom. The monoisotopic (exact) mass is 293 g/mol. The molecule has 0 radical (unpaired) electrons. The van der Waals surface area contributed by atoms with Crippen molar-refractivity contribution in [2.45, 2.75) is 62.9 Å². The molecule has 1 aliphatic carbocycles. The Balaban J connectivity index is 1.99. The summed E-state index contributed by atoms with van der Waals surface area (Å²) in [6.07, 6.45) is 7.93. The van der Waals surface area contributed by atoms with E-state index in [0.717, 1.165) is 57.9 Å². The molecule has 21 heavy (non-hydrogen) atoms. The van der Waals surface area contributed by atoms with E-state index in [9.17, 15) is 15.2 Å². The standard InChI is InChI=1S/C16H27N3O2/c1-18(16(13-17)8-4-2-5-9-16)15(21)11-19-10-6-3-7-14(19)12-20/h14,20H,2-12H2,1H3. The molecule has 0 spiro atoms. The normalized spacial score (nSPS) is 26.0. The number of nitriles is 1. The van der Waals surface area contributed by atoms with E-state index in [0.29, 0.717) is 6.54 Å². The molecule has 1 N–H and O–H groups in total. The number of piperidine rings is 1. The predicted octanol–water partition coefficient (Wildman–Crippen LogP) is 1.52. The van der Waals surface area contributed by atoms with Crippen LogP contribution in [0.5, 0.6) is 0 Å². The summed E-state index contributed by atoms with van der Waals surface area (Å²) in [5.41, 5.74) is -0.611. The highest BCUT2D eigenvalue weighted by Crippen LogP contribution is 2.32. The third kappa shape index (κ3) is 3.56. The largest absolute Gasteiger partial charge is 0.395 e. The molecule has 1 heterocycles. The molecule has 1 unspecified atom stereocenters. The van der Waals surface area contributed by atoms with Gasteiger partial charge in [0.25, 0.3) is 0 Å². The van der Waals surface area contributed by atoms with Gasteiger partial charge in [-0.1, -0.05) is 25.7 Å². The second kappa shape index (κ2) is 7.24. The Labute approximate surface area is 127 Å². The molecule has 0 aromatic carbocycles. The Morgan fingerprint density at radius 1 is 1.33 bits per heavy atom. The lowest BCUT2D eigenvalue weighted by atomic mass is 9.81. The SMILES string of the molecule is CN(C(=O)CN1CCCCC1CO)C1(C#N)CCCCC1. The van der Waals surface area contributed by atoms with Gasteiger partial charge in [-0.15, -0.1) is 0 Å². The highest BCUT2D eigenvalue weighted by molar-refractivity contribution is 5.79. The Hall–Kier alpha value is -1.12. The van der Waals surface area contributed by atoms with Gasteiger partial charge in [-0.2, -0.15) is 5.26 Å². The summed E-state index contributed by atoms with van der Waals surface area (Å²) in [7, 11) is 1.77. The fraction of sp³-hybridized carbons (Fsp3) is 0.875. The molecule has 1 atom stereocenters. The van der Waals surface area contributed by atoms with Crippen molar-refractivity contribution in [1.82, 2.24) is 9.80 Å². The summed E-state index contributed by atoms with van der Waals surface area (Å²) in [6, 6.07) is 2.50. The number of aliphatic hydroxyl groups excluding tert-OH is 1. The Bertz CT molecular complexity index is 399. The van der Waals surface area contributed by atoms with E-state index in [4.69, 9.17) is 0 Å². The van der Waals surface area contributed by atoms with Gasteiger partial charge in [0.05, 0.1) is 19.2 Å². The van der Waals surface area contributed by atoms with Crippen molar-refractivity contribution in [3.63, 3.8) is 0 Å². The molecule has 118 valence electrons. The summed E-state index contributed by atoms with van der Waals surface area (Å²) >= 11 is 0. The quantitative estimate of drug-likeness (QED) is 0.853. The van der Waals surface area contributed by atoms with E-state index in [1.807, 2.05) is 0 Å². The van der Waals surface area contributed by atoms with Gasteiger partial charge in [0, 0.05) is 13.1 Å². The zero-order valence-corrected chi connectivity index (χ0v) is 13.1. The van der Waals surface area contributed by atoms with Gasteiger partial charge in [0.1, 0.15) is 5.54 Å². The summed E-state index contributed by atoms with van der Waals surface area (Å²) in [5.74, 6) is 0.0128. The fourth-order valence-electron chi connectivity index (χ4n) is 3.65. The minimum absolute atomic E-state index is 0.0128. The number of hydrogen-bond donors (Lipinski definition) is 1. The minimum Gasteiger partial charge on any atom is -0.395 e. The molecule has 1 saturated heterocycles. The zero-order valence-electron chi connectivity index (χ0n) is 13.1. The van der Waals surface area contributed by atoms with Crippen LogP contribution in [0.4, 0.5) is 0 Å². The second-order valence-electron chi connectivity index (χ2n) is 6.46. The fourth-order valence-corrected chi connectivity index (χ4v) is 3.65. The summed E-state index contributed by atoms with van der Waals surface area (Å²) in [5, 5.41) is 19.0. The van der Waals surface area contributed by atoms with Crippen molar-refractivity contribution in [2.24, 2.45) is 0 Å². The molecule has 5 heteroatoms. The number of carbonyl (C=O) groups is 1.